The van der Waals surface area contributed by atoms with Crippen molar-refractivity contribution in [2.45, 2.75) is 30.0 Å². The molecule has 5 N–H and O–H groups in total. The first-order chi connectivity index (χ1) is 15.5. The van der Waals surface area contributed by atoms with Crippen LogP contribution in [0.4, 0.5) is 25.1 Å². The molecule has 1 aliphatic rings. The van der Waals surface area contributed by atoms with Crippen LogP contribution in [-0.2, 0) is 16.0 Å². The van der Waals surface area contributed by atoms with E-state index in [1.807, 2.05) is 0 Å². The van der Waals surface area contributed by atoms with Crippen LogP contribution in [0.1, 0.15) is 18.4 Å². The third-order valence-corrected chi connectivity index (χ3v) is 7.49. The van der Waals surface area contributed by atoms with Crippen LogP contribution in [0.3, 0.4) is 0 Å². The second-order valence-corrected chi connectivity index (χ2v) is 10.1. The molecule has 0 aliphatic carbocycles. The highest BCUT2D eigenvalue weighted by atomic mass is 35.5. The summed E-state index contributed by atoms with van der Waals surface area (Å²) in [5, 5.41) is 6.69. The van der Waals surface area contributed by atoms with Gasteiger partial charge >= 0.3 is 6.18 Å². The van der Waals surface area contributed by atoms with Gasteiger partial charge < -0.3 is 16.8 Å². The highest BCUT2D eigenvalue weighted by Crippen LogP contribution is 2.42. The Morgan fingerprint density at radius 3 is 2.42 bits per heavy atom. The van der Waals surface area contributed by atoms with Gasteiger partial charge in [-0.15, -0.1) is 5.10 Å². The molecule has 33 heavy (non-hydrogen) atoms. The van der Waals surface area contributed by atoms with E-state index in [1.54, 1.807) is 0 Å². The molecular formula is C20H20ClF3N6O2S. The SMILES string of the molecule is Nc1nc(N)n(-c2cc(Cl)c(-c3ccc(S(=O)(=O)CC4CCCN4)cc3)c(C(F)(F)F)c2)n1. The number of alkyl halides is 3. The number of sulfone groups is 1. The summed E-state index contributed by atoms with van der Waals surface area (Å²) in [5.74, 6) is -0.473. The maximum Gasteiger partial charge on any atom is 0.417 e. The number of hydrogen-bond donors (Lipinski definition) is 3. The second kappa shape index (κ2) is 8.50. The molecule has 1 fully saturated rings. The fourth-order valence-corrected chi connectivity index (χ4v) is 5.73. The number of nitrogens with two attached hydrogens (primary N) is 2. The maximum absolute atomic E-state index is 13.9. The van der Waals surface area contributed by atoms with E-state index in [4.69, 9.17) is 23.1 Å². The zero-order valence-electron chi connectivity index (χ0n) is 17.1. The summed E-state index contributed by atoms with van der Waals surface area (Å²) in [5.41, 5.74) is 9.86. The molecule has 1 aromatic heterocycles. The number of aromatic nitrogens is 3. The minimum atomic E-state index is -4.77. The van der Waals surface area contributed by atoms with Gasteiger partial charge in [-0.25, -0.2) is 8.42 Å². The maximum atomic E-state index is 13.9. The molecular weight excluding hydrogens is 481 g/mol. The minimum absolute atomic E-state index is 0.0344. The van der Waals surface area contributed by atoms with E-state index in [0.29, 0.717) is 0 Å². The van der Waals surface area contributed by atoms with Gasteiger partial charge in [-0.1, -0.05) is 23.7 Å². The summed E-state index contributed by atoms with van der Waals surface area (Å²) in [7, 11) is -3.60. The highest BCUT2D eigenvalue weighted by molar-refractivity contribution is 7.91. The topological polar surface area (TPSA) is 129 Å². The van der Waals surface area contributed by atoms with Crippen LogP contribution >= 0.6 is 11.6 Å². The molecule has 4 rings (SSSR count). The Balaban J connectivity index is 1.74. The number of anilines is 2. The predicted molar refractivity (Wildman–Crippen MR) is 119 cm³/mol. The average Bonchev–Trinajstić information content (AvgIpc) is 3.35. The van der Waals surface area contributed by atoms with E-state index in [0.717, 1.165) is 30.1 Å². The Bertz CT molecular complexity index is 1290. The summed E-state index contributed by atoms with van der Waals surface area (Å²) in [4.78, 5) is 3.71. The van der Waals surface area contributed by atoms with Gasteiger partial charge in [0.1, 0.15) is 0 Å². The van der Waals surface area contributed by atoms with Crippen LogP contribution in [0, 0.1) is 0 Å². The third-order valence-electron chi connectivity index (χ3n) is 5.36. The minimum Gasteiger partial charge on any atom is -0.368 e. The largest absolute Gasteiger partial charge is 0.417 e. The zero-order valence-corrected chi connectivity index (χ0v) is 18.7. The van der Waals surface area contributed by atoms with E-state index >= 15 is 0 Å². The van der Waals surface area contributed by atoms with Crippen molar-refractivity contribution in [3.8, 4) is 16.8 Å². The van der Waals surface area contributed by atoms with E-state index in [2.05, 4.69) is 15.4 Å². The van der Waals surface area contributed by atoms with Crippen LogP contribution in [0.15, 0.2) is 41.3 Å². The quantitative estimate of drug-likeness (QED) is 0.490. The first-order valence-corrected chi connectivity index (χ1v) is 11.9. The molecule has 13 heteroatoms. The molecule has 2 aromatic carbocycles. The second-order valence-electron chi connectivity index (χ2n) is 7.69. The van der Waals surface area contributed by atoms with Gasteiger partial charge in [0, 0.05) is 11.6 Å². The molecule has 0 radical (unpaired) electrons. The summed E-state index contributed by atoms with van der Waals surface area (Å²) < 4.78 is 68.2. The van der Waals surface area contributed by atoms with Crippen molar-refractivity contribution in [3.63, 3.8) is 0 Å². The van der Waals surface area contributed by atoms with Crippen molar-refractivity contribution < 1.29 is 21.6 Å². The highest BCUT2D eigenvalue weighted by Gasteiger charge is 2.36. The molecule has 1 unspecified atom stereocenters. The van der Waals surface area contributed by atoms with Crippen LogP contribution in [0.25, 0.3) is 16.8 Å². The third kappa shape index (κ3) is 4.77. The number of nitrogens with zero attached hydrogens (tertiary/aromatic N) is 3. The molecule has 0 saturated carbocycles. The van der Waals surface area contributed by atoms with Crippen LogP contribution in [0.2, 0.25) is 5.02 Å². The van der Waals surface area contributed by atoms with Crippen LogP contribution in [0.5, 0.6) is 0 Å². The van der Waals surface area contributed by atoms with Crippen molar-refractivity contribution in [1.29, 1.82) is 0 Å². The summed E-state index contributed by atoms with van der Waals surface area (Å²) >= 11 is 6.27. The van der Waals surface area contributed by atoms with Crippen molar-refractivity contribution >= 4 is 33.3 Å². The molecule has 1 saturated heterocycles. The Morgan fingerprint density at radius 1 is 1.18 bits per heavy atom. The molecule has 0 amide bonds. The lowest BCUT2D eigenvalue weighted by atomic mass is 9.98. The predicted octanol–water partition coefficient (Wildman–Crippen LogP) is 3.30. The van der Waals surface area contributed by atoms with E-state index in [1.165, 1.54) is 30.3 Å². The first-order valence-electron chi connectivity index (χ1n) is 9.91. The number of nitrogen functional groups attached to an aromatic ring is 2. The fraction of sp³-hybridized carbons (Fsp3) is 0.300. The van der Waals surface area contributed by atoms with Crippen LogP contribution in [-0.4, -0.2) is 41.5 Å². The first kappa shape index (κ1) is 23.3. The lowest BCUT2D eigenvalue weighted by Crippen LogP contribution is -2.29. The Hall–Kier alpha value is -2.83. The molecule has 1 aliphatic heterocycles. The van der Waals surface area contributed by atoms with Crippen LogP contribution < -0.4 is 16.8 Å². The number of rotatable bonds is 5. The van der Waals surface area contributed by atoms with Crippen molar-refractivity contribution in [2.24, 2.45) is 0 Å². The van der Waals surface area contributed by atoms with Gasteiger partial charge in [0.15, 0.2) is 9.84 Å². The van der Waals surface area contributed by atoms with Crippen molar-refractivity contribution in [1.82, 2.24) is 20.1 Å². The molecule has 2 heterocycles. The summed E-state index contributed by atoms with van der Waals surface area (Å²) in [6.45, 7) is 0.765. The lowest BCUT2D eigenvalue weighted by Gasteiger charge is -2.17. The van der Waals surface area contributed by atoms with Crippen molar-refractivity contribution in [3.05, 3.63) is 47.0 Å². The van der Waals surface area contributed by atoms with Gasteiger partial charge in [-0.2, -0.15) is 22.8 Å². The summed E-state index contributed by atoms with van der Waals surface area (Å²) in [6, 6.07) is 7.17. The Morgan fingerprint density at radius 2 is 1.88 bits per heavy atom. The molecule has 0 bridgehead atoms. The van der Waals surface area contributed by atoms with Gasteiger partial charge in [-0.3, -0.25) is 0 Å². The smallest absolute Gasteiger partial charge is 0.368 e. The molecule has 0 spiro atoms. The van der Waals surface area contributed by atoms with Crippen molar-refractivity contribution in [2.75, 3.05) is 23.8 Å². The van der Waals surface area contributed by atoms with E-state index in [-0.39, 0.29) is 50.4 Å². The average molecular weight is 501 g/mol. The molecule has 176 valence electrons. The number of benzene rings is 2. The van der Waals surface area contributed by atoms with E-state index in [9.17, 15) is 21.6 Å². The standard InChI is InChI=1S/C20H20ClF3N6O2S/c21-16-9-13(30-19(26)28-18(25)29-30)8-15(20(22,23)24)17(16)11-3-5-14(6-4-11)33(31,32)10-12-2-1-7-27-12/h3-6,8-9,12,27H,1-2,7,10H2,(H4,25,26,28,29). The molecule has 1 atom stereocenters. The summed E-state index contributed by atoms with van der Waals surface area (Å²) in [6.07, 6.45) is -3.11. The van der Waals surface area contributed by atoms with Gasteiger partial charge in [0.05, 0.1) is 26.9 Å². The Kier molecular flexibility index (Phi) is 6.01. The number of hydrogen-bond acceptors (Lipinski definition) is 7. The number of halogens is 4. The zero-order chi connectivity index (χ0) is 24.0. The van der Waals surface area contributed by atoms with Gasteiger partial charge in [0.2, 0.25) is 11.9 Å². The van der Waals surface area contributed by atoms with Gasteiger partial charge in [0.25, 0.3) is 0 Å². The molecule has 8 nitrogen and oxygen atoms in total. The normalized spacial score (nSPS) is 16.9. The Labute approximate surface area is 192 Å². The fourth-order valence-electron chi connectivity index (χ4n) is 3.85. The monoisotopic (exact) mass is 500 g/mol. The van der Waals surface area contributed by atoms with E-state index < -0.39 is 21.6 Å². The number of nitrogens with one attached hydrogen (secondary N) is 1. The molecule has 3 aromatic rings. The lowest BCUT2D eigenvalue weighted by molar-refractivity contribution is -0.137. The van der Waals surface area contributed by atoms with Gasteiger partial charge in [-0.05, 0) is 49.2 Å².